The number of hydrogen-bond donors (Lipinski definition) is 1. The number of nitrogens with one attached hydrogen (secondary N) is 1. The Labute approximate surface area is 154 Å². The first-order valence-electron chi connectivity index (χ1n) is 8.96. The van der Waals surface area contributed by atoms with Crippen molar-refractivity contribution in [1.82, 2.24) is 10.2 Å². The van der Waals surface area contributed by atoms with Crippen molar-refractivity contribution >= 4 is 17.8 Å². The van der Waals surface area contributed by atoms with Crippen LogP contribution in [0, 0.1) is 5.92 Å². The third-order valence-corrected chi connectivity index (χ3v) is 4.80. The molecule has 0 atom stereocenters. The van der Waals surface area contributed by atoms with Gasteiger partial charge in [0.1, 0.15) is 0 Å². The Hall–Kier alpha value is -2.37. The Morgan fingerprint density at radius 1 is 1.12 bits per heavy atom. The van der Waals surface area contributed by atoms with Gasteiger partial charge in [0.15, 0.2) is 0 Å². The SMILES string of the molecule is COC(=O)C1CCN(C(=O)CNC(=O)c2ccc(C(C)(C)C)cc2)CC1. The smallest absolute Gasteiger partial charge is 0.308 e. The molecule has 0 saturated carbocycles. The second-order valence-electron chi connectivity index (χ2n) is 7.69. The van der Waals surface area contributed by atoms with Crippen LogP contribution in [-0.2, 0) is 19.7 Å². The number of methoxy groups -OCH3 is 1. The monoisotopic (exact) mass is 360 g/mol. The zero-order valence-electron chi connectivity index (χ0n) is 16.0. The number of benzene rings is 1. The van der Waals surface area contributed by atoms with E-state index in [0.29, 0.717) is 31.5 Å². The first-order valence-corrected chi connectivity index (χ1v) is 8.96. The van der Waals surface area contributed by atoms with E-state index >= 15 is 0 Å². The second kappa shape index (κ2) is 8.34. The lowest BCUT2D eigenvalue weighted by Crippen LogP contribution is -2.45. The molecular formula is C20H28N2O4. The molecule has 26 heavy (non-hydrogen) atoms. The van der Waals surface area contributed by atoms with Crippen molar-refractivity contribution in [2.75, 3.05) is 26.7 Å². The van der Waals surface area contributed by atoms with E-state index in [4.69, 9.17) is 4.74 Å². The van der Waals surface area contributed by atoms with Crippen LogP contribution < -0.4 is 5.32 Å². The molecule has 1 aliphatic heterocycles. The number of hydrogen-bond acceptors (Lipinski definition) is 4. The Balaban J connectivity index is 1.82. The van der Waals surface area contributed by atoms with Crippen LogP contribution in [0.2, 0.25) is 0 Å². The molecule has 0 radical (unpaired) electrons. The van der Waals surface area contributed by atoms with E-state index in [0.717, 1.165) is 5.56 Å². The van der Waals surface area contributed by atoms with E-state index in [9.17, 15) is 14.4 Å². The van der Waals surface area contributed by atoms with E-state index in [1.165, 1.54) is 7.11 Å². The highest BCUT2D eigenvalue weighted by Gasteiger charge is 2.27. The molecule has 0 spiro atoms. The Bertz CT molecular complexity index is 653. The maximum atomic E-state index is 12.3. The lowest BCUT2D eigenvalue weighted by Gasteiger charge is -2.30. The minimum Gasteiger partial charge on any atom is -0.469 e. The van der Waals surface area contributed by atoms with Crippen LogP contribution in [-0.4, -0.2) is 49.4 Å². The highest BCUT2D eigenvalue weighted by Crippen LogP contribution is 2.22. The molecule has 6 nitrogen and oxygen atoms in total. The number of amides is 2. The van der Waals surface area contributed by atoms with Crippen molar-refractivity contribution < 1.29 is 19.1 Å². The number of ether oxygens (including phenoxy) is 1. The highest BCUT2D eigenvalue weighted by atomic mass is 16.5. The molecule has 1 heterocycles. The molecule has 0 unspecified atom stereocenters. The van der Waals surface area contributed by atoms with Crippen LogP contribution in [0.5, 0.6) is 0 Å². The van der Waals surface area contributed by atoms with Crippen LogP contribution in [0.4, 0.5) is 0 Å². The quantitative estimate of drug-likeness (QED) is 0.835. The van der Waals surface area contributed by atoms with Crippen LogP contribution in [0.3, 0.4) is 0 Å². The lowest BCUT2D eigenvalue weighted by atomic mass is 9.87. The number of carbonyl (C=O) groups is 3. The summed E-state index contributed by atoms with van der Waals surface area (Å²) >= 11 is 0. The predicted molar refractivity (Wildman–Crippen MR) is 98.8 cm³/mol. The summed E-state index contributed by atoms with van der Waals surface area (Å²) in [7, 11) is 1.38. The molecule has 0 aromatic heterocycles. The number of piperidine rings is 1. The minimum atomic E-state index is -0.261. The standard InChI is InChI=1S/C20H28N2O4/c1-20(2,3)16-7-5-14(6-8-16)18(24)21-13-17(23)22-11-9-15(10-12-22)19(25)26-4/h5-8,15H,9-13H2,1-4H3,(H,21,24). The Morgan fingerprint density at radius 2 is 1.69 bits per heavy atom. The van der Waals surface area contributed by atoms with E-state index in [1.807, 2.05) is 12.1 Å². The van der Waals surface area contributed by atoms with Crippen LogP contribution in [0.1, 0.15) is 49.5 Å². The summed E-state index contributed by atoms with van der Waals surface area (Å²) < 4.78 is 4.74. The van der Waals surface area contributed by atoms with Gasteiger partial charge >= 0.3 is 5.97 Å². The van der Waals surface area contributed by atoms with Gasteiger partial charge in [-0.2, -0.15) is 0 Å². The van der Waals surface area contributed by atoms with Gasteiger partial charge in [0.25, 0.3) is 5.91 Å². The molecule has 1 aromatic rings. The number of carbonyl (C=O) groups excluding carboxylic acids is 3. The fraction of sp³-hybridized carbons (Fsp3) is 0.550. The number of nitrogens with zero attached hydrogens (tertiary/aromatic N) is 1. The largest absolute Gasteiger partial charge is 0.469 e. The summed E-state index contributed by atoms with van der Waals surface area (Å²) in [6.07, 6.45) is 1.20. The second-order valence-corrected chi connectivity index (χ2v) is 7.69. The van der Waals surface area contributed by atoms with Crippen molar-refractivity contribution in [3.05, 3.63) is 35.4 Å². The maximum absolute atomic E-state index is 12.3. The normalized spacial score (nSPS) is 15.5. The van der Waals surface area contributed by atoms with Gasteiger partial charge in [0.2, 0.25) is 5.91 Å². The summed E-state index contributed by atoms with van der Waals surface area (Å²) in [5, 5.41) is 2.68. The van der Waals surface area contributed by atoms with Gasteiger partial charge in [0, 0.05) is 18.7 Å². The predicted octanol–water partition coefficient (Wildman–Crippen LogP) is 2.13. The van der Waals surface area contributed by atoms with Gasteiger partial charge in [-0.1, -0.05) is 32.9 Å². The summed E-state index contributed by atoms with van der Waals surface area (Å²) in [4.78, 5) is 37.7. The van der Waals surface area contributed by atoms with E-state index in [1.54, 1.807) is 17.0 Å². The van der Waals surface area contributed by atoms with Gasteiger partial charge in [-0.05, 0) is 36.0 Å². The third kappa shape index (κ3) is 5.07. The van der Waals surface area contributed by atoms with Crippen molar-refractivity contribution in [3.8, 4) is 0 Å². The van der Waals surface area contributed by atoms with Gasteiger partial charge in [-0.3, -0.25) is 14.4 Å². The lowest BCUT2D eigenvalue weighted by molar-refractivity contribution is -0.148. The van der Waals surface area contributed by atoms with Crippen molar-refractivity contribution in [1.29, 1.82) is 0 Å². The molecule has 2 amide bonds. The topological polar surface area (TPSA) is 75.7 Å². The van der Waals surface area contributed by atoms with Gasteiger partial charge in [-0.25, -0.2) is 0 Å². The molecule has 0 aliphatic carbocycles. The fourth-order valence-electron chi connectivity index (χ4n) is 3.02. The average Bonchev–Trinajstić information content (AvgIpc) is 2.64. The zero-order valence-corrected chi connectivity index (χ0v) is 16.0. The van der Waals surface area contributed by atoms with E-state index in [2.05, 4.69) is 26.1 Å². The molecule has 0 bridgehead atoms. The molecule has 6 heteroatoms. The Kier molecular flexibility index (Phi) is 6.40. The summed E-state index contributed by atoms with van der Waals surface area (Å²) in [6, 6.07) is 7.44. The summed E-state index contributed by atoms with van der Waals surface area (Å²) in [6.45, 7) is 7.32. The number of likely N-dealkylation sites (tertiary alicyclic amines) is 1. The van der Waals surface area contributed by atoms with E-state index in [-0.39, 0.29) is 35.7 Å². The van der Waals surface area contributed by atoms with Gasteiger partial charge < -0.3 is 15.0 Å². The zero-order chi connectivity index (χ0) is 19.3. The van der Waals surface area contributed by atoms with Gasteiger partial charge in [-0.15, -0.1) is 0 Å². The fourth-order valence-corrected chi connectivity index (χ4v) is 3.02. The minimum absolute atomic E-state index is 0.0291. The van der Waals surface area contributed by atoms with Crippen molar-refractivity contribution in [3.63, 3.8) is 0 Å². The average molecular weight is 360 g/mol. The van der Waals surface area contributed by atoms with Crippen molar-refractivity contribution in [2.45, 2.75) is 39.0 Å². The molecule has 1 aromatic carbocycles. The van der Waals surface area contributed by atoms with Crippen molar-refractivity contribution in [2.24, 2.45) is 5.92 Å². The molecular weight excluding hydrogens is 332 g/mol. The van der Waals surface area contributed by atoms with E-state index < -0.39 is 0 Å². The molecule has 142 valence electrons. The number of esters is 1. The number of rotatable bonds is 4. The van der Waals surface area contributed by atoms with Crippen LogP contribution >= 0.6 is 0 Å². The first-order chi connectivity index (χ1) is 12.2. The third-order valence-electron chi connectivity index (χ3n) is 4.80. The van der Waals surface area contributed by atoms with Gasteiger partial charge in [0.05, 0.1) is 19.6 Å². The maximum Gasteiger partial charge on any atom is 0.308 e. The Morgan fingerprint density at radius 3 is 2.19 bits per heavy atom. The summed E-state index contributed by atoms with van der Waals surface area (Å²) in [5.41, 5.74) is 1.72. The van der Waals surface area contributed by atoms with Crippen LogP contribution in [0.25, 0.3) is 0 Å². The summed E-state index contributed by atoms with van der Waals surface area (Å²) in [5.74, 6) is -0.750. The molecule has 1 fully saturated rings. The highest BCUT2D eigenvalue weighted by molar-refractivity contribution is 5.96. The molecule has 1 aliphatic rings. The van der Waals surface area contributed by atoms with Crippen LogP contribution in [0.15, 0.2) is 24.3 Å². The first kappa shape index (κ1) is 19.9. The molecule has 2 rings (SSSR count). The molecule has 1 N–H and O–H groups in total. The molecule has 1 saturated heterocycles.